The van der Waals surface area contributed by atoms with E-state index in [-0.39, 0.29) is 0 Å². The Morgan fingerprint density at radius 3 is 2.85 bits per heavy atom. The Hall–Kier alpha value is -0.760. The predicted octanol–water partition coefficient (Wildman–Crippen LogP) is 3.91. The Morgan fingerprint density at radius 1 is 1.38 bits per heavy atom. The Bertz CT molecular complexity index is 281. The maximum absolute atomic E-state index is 4.31. The summed E-state index contributed by atoms with van der Waals surface area (Å²) in [4.78, 5) is 5.59. The third-order valence-electron chi connectivity index (χ3n) is 1.60. The van der Waals surface area contributed by atoms with Gasteiger partial charge < -0.3 is 0 Å². The van der Waals surface area contributed by atoms with Crippen LogP contribution in [-0.4, -0.2) is 12.0 Å². The summed E-state index contributed by atoms with van der Waals surface area (Å²) in [6.07, 6.45) is 3.04. The van der Waals surface area contributed by atoms with Crippen LogP contribution in [0.5, 0.6) is 0 Å². The van der Waals surface area contributed by atoms with Crippen molar-refractivity contribution >= 4 is 23.7 Å². The minimum Gasteiger partial charge on any atom is -0.260 e. The molecule has 70 valence electrons. The van der Waals surface area contributed by atoms with Gasteiger partial charge in [-0.15, -0.1) is 11.8 Å². The van der Waals surface area contributed by atoms with Gasteiger partial charge in [0.05, 0.1) is 5.69 Å². The lowest BCUT2D eigenvalue weighted by Gasteiger charge is -2.02. The monoisotopic (exact) mass is 193 g/mol. The molecule has 1 nitrogen and oxygen atoms in total. The number of para-hydroxylation sites is 1. The van der Waals surface area contributed by atoms with Crippen molar-refractivity contribution in [2.45, 2.75) is 25.2 Å². The molecule has 1 aromatic carbocycles. The summed E-state index contributed by atoms with van der Waals surface area (Å²) in [6.45, 7) is 4.14. The predicted molar refractivity (Wildman–Crippen MR) is 61.3 cm³/mol. The third-order valence-corrected chi connectivity index (χ3v) is 2.86. The molecule has 1 rings (SSSR count). The fourth-order valence-corrected chi connectivity index (χ4v) is 1.90. The van der Waals surface area contributed by atoms with Crippen molar-refractivity contribution in [2.75, 3.05) is 5.75 Å². The lowest BCUT2D eigenvalue weighted by Crippen LogP contribution is -1.77. The first-order chi connectivity index (χ1) is 6.38. The molecule has 0 saturated carbocycles. The minimum absolute atomic E-state index is 1.09. The molecule has 0 fully saturated rings. The second kappa shape index (κ2) is 5.81. The topological polar surface area (TPSA) is 12.4 Å². The second-order valence-corrected chi connectivity index (χ2v) is 3.84. The molecule has 0 aromatic heterocycles. The molecule has 0 atom stereocenters. The Balaban J connectivity index is 2.78. The highest BCUT2D eigenvalue weighted by Crippen LogP contribution is 2.29. The first-order valence-corrected chi connectivity index (χ1v) is 5.57. The lowest BCUT2D eigenvalue weighted by molar-refractivity contribution is 1.10. The van der Waals surface area contributed by atoms with Crippen molar-refractivity contribution in [1.82, 2.24) is 0 Å². The Morgan fingerprint density at radius 2 is 2.15 bits per heavy atom. The van der Waals surface area contributed by atoms with E-state index in [1.54, 1.807) is 0 Å². The highest BCUT2D eigenvalue weighted by Gasteiger charge is 1.98. The van der Waals surface area contributed by atoms with Crippen LogP contribution in [0.25, 0.3) is 0 Å². The molecule has 0 aliphatic rings. The van der Waals surface area contributed by atoms with Gasteiger partial charge in [-0.1, -0.05) is 19.1 Å². The zero-order valence-corrected chi connectivity index (χ0v) is 8.97. The molecule has 0 aliphatic heterocycles. The normalized spacial score (nSPS) is 10.9. The van der Waals surface area contributed by atoms with Gasteiger partial charge in [0.15, 0.2) is 0 Å². The first-order valence-electron chi connectivity index (χ1n) is 4.59. The zero-order valence-electron chi connectivity index (χ0n) is 8.16. The quantitative estimate of drug-likeness (QED) is 0.521. The summed E-state index contributed by atoms with van der Waals surface area (Å²) in [5.41, 5.74) is 1.09. The molecule has 0 heterocycles. The SMILES string of the molecule is CC=Nc1ccccc1SCCC. The number of nitrogens with zero attached hydrogens (tertiary/aromatic N) is 1. The van der Waals surface area contributed by atoms with Gasteiger partial charge in [0.1, 0.15) is 0 Å². The molecule has 0 aliphatic carbocycles. The van der Waals surface area contributed by atoms with Gasteiger partial charge in [0.2, 0.25) is 0 Å². The van der Waals surface area contributed by atoms with Crippen molar-refractivity contribution < 1.29 is 0 Å². The van der Waals surface area contributed by atoms with Crippen LogP contribution in [0.3, 0.4) is 0 Å². The number of hydrogen-bond acceptors (Lipinski definition) is 2. The van der Waals surface area contributed by atoms with Crippen LogP contribution in [0.15, 0.2) is 34.2 Å². The average molecular weight is 193 g/mol. The number of hydrogen-bond donors (Lipinski definition) is 0. The lowest BCUT2D eigenvalue weighted by atomic mass is 10.3. The van der Waals surface area contributed by atoms with E-state index in [4.69, 9.17) is 0 Å². The standard InChI is InChI=1S/C11H15NS/c1-3-9-13-11-8-6-5-7-10(11)12-4-2/h4-8H,3,9H2,1-2H3. The molecular formula is C11H15NS. The van der Waals surface area contributed by atoms with E-state index in [0.717, 1.165) is 11.4 Å². The van der Waals surface area contributed by atoms with Crippen LogP contribution in [0.4, 0.5) is 5.69 Å². The first kappa shape index (κ1) is 10.3. The molecule has 1 aromatic rings. The summed E-state index contributed by atoms with van der Waals surface area (Å²) >= 11 is 1.87. The summed E-state index contributed by atoms with van der Waals surface area (Å²) < 4.78 is 0. The zero-order chi connectivity index (χ0) is 9.52. The Kier molecular flexibility index (Phi) is 4.61. The van der Waals surface area contributed by atoms with Gasteiger partial charge in [-0.3, -0.25) is 4.99 Å². The maximum Gasteiger partial charge on any atom is 0.0761 e. The molecule has 0 bridgehead atoms. The summed E-state index contributed by atoms with van der Waals surface area (Å²) in [7, 11) is 0. The van der Waals surface area contributed by atoms with Gasteiger partial charge in [0.25, 0.3) is 0 Å². The van der Waals surface area contributed by atoms with E-state index in [0.29, 0.717) is 0 Å². The van der Waals surface area contributed by atoms with Gasteiger partial charge in [-0.2, -0.15) is 0 Å². The maximum atomic E-state index is 4.31. The van der Waals surface area contributed by atoms with Gasteiger partial charge >= 0.3 is 0 Å². The number of benzene rings is 1. The van der Waals surface area contributed by atoms with Crippen LogP contribution in [0.1, 0.15) is 20.3 Å². The van der Waals surface area contributed by atoms with Crippen LogP contribution < -0.4 is 0 Å². The summed E-state index contributed by atoms with van der Waals surface area (Å²) in [5.74, 6) is 1.16. The van der Waals surface area contributed by atoms with Gasteiger partial charge in [0, 0.05) is 11.1 Å². The molecule has 0 radical (unpaired) electrons. The van der Waals surface area contributed by atoms with Crippen LogP contribution in [0.2, 0.25) is 0 Å². The van der Waals surface area contributed by atoms with Crippen LogP contribution in [0, 0.1) is 0 Å². The smallest absolute Gasteiger partial charge is 0.0761 e. The molecule has 0 spiro atoms. The molecule has 0 saturated heterocycles. The van der Waals surface area contributed by atoms with Gasteiger partial charge in [-0.05, 0) is 31.2 Å². The molecule has 0 amide bonds. The molecular weight excluding hydrogens is 178 g/mol. The van der Waals surface area contributed by atoms with Crippen LogP contribution in [-0.2, 0) is 0 Å². The fraction of sp³-hybridized carbons (Fsp3) is 0.364. The van der Waals surface area contributed by atoms with E-state index in [2.05, 4.69) is 30.1 Å². The van der Waals surface area contributed by atoms with E-state index < -0.39 is 0 Å². The van der Waals surface area contributed by atoms with E-state index >= 15 is 0 Å². The van der Waals surface area contributed by atoms with E-state index in [9.17, 15) is 0 Å². The number of rotatable bonds is 4. The van der Waals surface area contributed by atoms with Gasteiger partial charge in [-0.25, -0.2) is 0 Å². The van der Waals surface area contributed by atoms with Crippen LogP contribution >= 0.6 is 11.8 Å². The number of thioether (sulfide) groups is 1. The third kappa shape index (κ3) is 3.23. The molecule has 0 unspecified atom stereocenters. The number of aliphatic imine (C=N–C) groups is 1. The van der Waals surface area contributed by atoms with Crippen molar-refractivity contribution in [3.8, 4) is 0 Å². The van der Waals surface area contributed by atoms with Crippen molar-refractivity contribution in [1.29, 1.82) is 0 Å². The van der Waals surface area contributed by atoms with E-state index in [1.807, 2.05) is 31.0 Å². The fourth-order valence-electron chi connectivity index (χ4n) is 1.04. The molecule has 2 heteroatoms. The van der Waals surface area contributed by atoms with E-state index in [1.165, 1.54) is 11.3 Å². The minimum atomic E-state index is 1.09. The summed E-state index contributed by atoms with van der Waals surface area (Å²) in [5, 5.41) is 0. The molecule has 13 heavy (non-hydrogen) atoms. The van der Waals surface area contributed by atoms with Crippen molar-refractivity contribution in [2.24, 2.45) is 4.99 Å². The second-order valence-electron chi connectivity index (χ2n) is 2.70. The highest BCUT2D eigenvalue weighted by atomic mass is 32.2. The average Bonchev–Trinajstić information content (AvgIpc) is 2.17. The molecule has 0 N–H and O–H groups in total. The summed E-state index contributed by atoms with van der Waals surface area (Å²) in [6, 6.07) is 8.27. The Labute approximate surface area is 84.3 Å². The van der Waals surface area contributed by atoms with Crippen molar-refractivity contribution in [3.63, 3.8) is 0 Å². The van der Waals surface area contributed by atoms with Crippen molar-refractivity contribution in [3.05, 3.63) is 24.3 Å². The largest absolute Gasteiger partial charge is 0.260 e. The highest BCUT2D eigenvalue weighted by molar-refractivity contribution is 7.99.